The molecular formula is C19H24ClN5O. The lowest BCUT2D eigenvalue weighted by atomic mass is 9.90. The van der Waals surface area contributed by atoms with Crippen LogP contribution >= 0.6 is 11.6 Å². The van der Waals surface area contributed by atoms with E-state index in [1.807, 2.05) is 11.0 Å². The monoisotopic (exact) mass is 373 g/mol. The number of nitrogens with zero attached hydrogens (tertiary/aromatic N) is 3. The molecule has 2 N–H and O–H groups in total. The van der Waals surface area contributed by atoms with Gasteiger partial charge in [-0.15, -0.1) is 0 Å². The second kappa shape index (κ2) is 8.85. The molecule has 1 aromatic heterocycles. The van der Waals surface area contributed by atoms with E-state index in [1.54, 1.807) is 7.05 Å². The van der Waals surface area contributed by atoms with Gasteiger partial charge >= 0.3 is 0 Å². The molecule has 0 radical (unpaired) electrons. The fraction of sp³-hybridized carbons (Fsp3) is 0.421. The average Bonchev–Trinajstić information content (AvgIpc) is 2.67. The predicted molar refractivity (Wildman–Crippen MR) is 105 cm³/mol. The second-order valence-electron chi connectivity index (χ2n) is 6.51. The zero-order valence-corrected chi connectivity index (χ0v) is 15.7. The molecule has 7 heteroatoms. The summed E-state index contributed by atoms with van der Waals surface area (Å²) in [7, 11) is 1.75. The van der Waals surface area contributed by atoms with E-state index in [0.717, 1.165) is 32.4 Å². The summed E-state index contributed by atoms with van der Waals surface area (Å²) in [5.41, 5.74) is 1.97. The first-order valence-corrected chi connectivity index (χ1v) is 9.29. The van der Waals surface area contributed by atoms with Crippen LogP contribution in [0.1, 0.15) is 18.4 Å². The van der Waals surface area contributed by atoms with Gasteiger partial charge in [0.25, 0.3) is 0 Å². The first-order chi connectivity index (χ1) is 12.7. The summed E-state index contributed by atoms with van der Waals surface area (Å²) >= 11 is 6.03. The van der Waals surface area contributed by atoms with E-state index in [1.165, 1.54) is 11.9 Å². The number of anilines is 2. The van der Waals surface area contributed by atoms with E-state index in [0.29, 0.717) is 22.6 Å². The number of hydrogen-bond acceptors (Lipinski definition) is 5. The van der Waals surface area contributed by atoms with Crippen molar-refractivity contribution in [2.24, 2.45) is 5.92 Å². The number of carbonyl (C=O) groups is 1. The van der Waals surface area contributed by atoms with Gasteiger partial charge in [0.2, 0.25) is 5.91 Å². The maximum Gasteiger partial charge on any atom is 0.241 e. The van der Waals surface area contributed by atoms with E-state index >= 15 is 0 Å². The second-order valence-corrected chi connectivity index (χ2v) is 6.86. The van der Waals surface area contributed by atoms with Crippen LogP contribution in [0.3, 0.4) is 0 Å². The van der Waals surface area contributed by atoms with Crippen molar-refractivity contribution in [1.82, 2.24) is 14.9 Å². The third-order valence-electron chi connectivity index (χ3n) is 4.79. The summed E-state index contributed by atoms with van der Waals surface area (Å²) < 4.78 is 0. The maximum absolute atomic E-state index is 12.5. The quantitative estimate of drug-likeness (QED) is 0.761. The number of piperidine rings is 1. The van der Waals surface area contributed by atoms with Crippen LogP contribution in [0.4, 0.5) is 11.5 Å². The standard InChI is InChI=1S/C19H24ClN5O/c1-21-17-18(20)23-13-24-19(17)22-12-16(26)25-9-7-15(8-10-25)11-14-5-3-2-4-6-14/h2-6,13,15,21H,7-12H2,1H3,(H,22,23,24). The molecule has 1 aliphatic rings. The van der Waals surface area contributed by atoms with Crippen LogP contribution in [-0.4, -0.2) is 47.5 Å². The summed E-state index contributed by atoms with van der Waals surface area (Å²) in [6, 6.07) is 10.6. The number of hydrogen-bond donors (Lipinski definition) is 2. The van der Waals surface area contributed by atoms with Gasteiger partial charge in [-0.3, -0.25) is 4.79 Å². The van der Waals surface area contributed by atoms with Gasteiger partial charge in [0, 0.05) is 20.1 Å². The smallest absolute Gasteiger partial charge is 0.241 e. The Hall–Kier alpha value is -2.34. The molecular weight excluding hydrogens is 350 g/mol. The third-order valence-corrected chi connectivity index (χ3v) is 5.08. The van der Waals surface area contributed by atoms with Crippen LogP contribution in [0, 0.1) is 5.92 Å². The van der Waals surface area contributed by atoms with Crippen molar-refractivity contribution >= 4 is 29.0 Å². The first kappa shape index (κ1) is 18.5. The van der Waals surface area contributed by atoms with E-state index in [4.69, 9.17) is 11.6 Å². The van der Waals surface area contributed by atoms with Crippen LogP contribution in [-0.2, 0) is 11.2 Å². The molecule has 0 saturated carbocycles. The predicted octanol–water partition coefficient (Wildman–Crippen LogP) is 3.06. The number of aromatic nitrogens is 2. The molecule has 1 amide bonds. The molecule has 0 atom stereocenters. The highest BCUT2D eigenvalue weighted by atomic mass is 35.5. The molecule has 0 spiro atoms. The van der Waals surface area contributed by atoms with Gasteiger partial charge in [0.15, 0.2) is 11.0 Å². The third kappa shape index (κ3) is 4.64. The van der Waals surface area contributed by atoms with Gasteiger partial charge in [-0.25, -0.2) is 9.97 Å². The number of halogens is 1. The summed E-state index contributed by atoms with van der Waals surface area (Å²) in [6.07, 6.45) is 4.56. The topological polar surface area (TPSA) is 70.1 Å². The minimum absolute atomic E-state index is 0.0833. The van der Waals surface area contributed by atoms with Gasteiger partial charge in [0.1, 0.15) is 12.0 Å². The van der Waals surface area contributed by atoms with E-state index in [-0.39, 0.29) is 12.5 Å². The highest BCUT2D eigenvalue weighted by Crippen LogP contribution is 2.25. The molecule has 0 bridgehead atoms. The number of carbonyl (C=O) groups excluding carboxylic acids is 1. The molecule has 1 saturated heterocycles. The summed E-state index contributed by atoms with van der Waals surface area (Å²) in [5, 5.41) is 6.35. The van der Waals surface area contributed by atoms with Crippen LogP contribution in [0.2, 0.25) is 5.15 Å². The van der Waals surface area contributed by atoms with Gasteiger partial charge < -0.3 is 15.5 Å². The highest BCUT2D eigenvalue weighted by Gasteiger charge is 2.23. The molecule has 1 aromatic carbocycles. The lowest BCUT2D eigenvalue weighted by molar-refractivity contribution is -0.130. The van der Waals surface area contributed by atoms with Crippen molar-refractivity contribution in [3.63, 3.8) is 0 Å². The van der Waals surface area contributed by atoms with E-state index < -0.39 is 0 Å². The Bertz CT molecular complexity index is 732. The van der Waals surface area contributed by atoms with E-state index in [9.17, 15) is 4.79 Å². The average molecular weight is 374 g/mol. The number of rotatable bonds is 6. The van der Waals surface area contributed by atoms with Crippen molar-refractivity contribution in [3.05, 3.63) is 47.4 Å². The molecule has 3 rings (SSSR count). The Morgan fingerprint density at radius 1 is 1.23 bits per heavy atom. The Morgan fingerprint density at radius 2 is 1.96 bits per heavy atom. The molecule has 26 heavy (non-hydrogen) atoms. The number of nitrogens with one attached hydrogen (secondary N) is 2. The Balaban J connectivity index is 1.47. The zero-order chi connectivity index (χ0) is 18.4. The number of likely N-dealkylation sites (tertiary alicyclic amines) is 1. The highest BCUT2D eigenvalue weighted by molar-refractivity contribution is 6.32. The van der Waals surface area contributed by atoms with Crippen LogP contribution < -0.4 is 10.6 Å². The molecule has 1 fully saturated rings. The first-order valence-electron chi connectivity index (χ1n) is 8.91. The van der Waals surface area contributed by atoms with Crippen molar-refractivity contribution in [1.29, 1.82) is 0 Å². The van der Waals surface area contributed by atoms with Crippen LogP contribution in [0.25, 0.3) is 0 Å². The number of amides is 1. The molecule has 2 heterocycles. The van der Waals surface area contributed by atoms with Crippen molar-refractivity contribution in [2.45, 2.75) is 19.3 Å². The minimum atomic E-state index is 0.0833. The van der Waals surface area contributed by atoms with Crippen LogP contribution in [0.15, 0.2) is 36.7 Å². The van der Waals surface area contributed by atoms with Crippen molar-refractivity contribution < 1.29 is 4.79 Å². The van der Waals surface area contributed by atoms with Gasteiger partial charge in [-0.1, -0.05) is 41.9 Å². The Labute approximate surface area is 159 Å². The largest absolute Gasteiger partial charge is 0.383 e. The molecule has 2 aromatic rings. The van der Waals surface area contributed by atoms with Crippen molar-refractivity contribution in [2.75, 3.05) is 37.3 Å². The fourth-order valence-electron chi connectivity index (χ4n) is 3.32. The van der Waals surface area contributed by atoms with Crippen molar-refractivity contribution in [3.8, 4) is 0 Å². The minimum Gasteiger partial charge on any atom is -0.383 e. The van der Waals surface area contributed by atoms with Gasteiger partial charge in [-0.2, -0.15) is 0 Å². The lowest BCUT2D eigenvalue weighted by Gasteiger charge is -2.32. The molecule has 138 valence electrons. The normalized spacial score (nSPS) is 14.9. The molecule has 6 nitrogen and oxygen atoms in total. The fourth-order valence-corrected chi connectivity index (χ4v) is 3.55. The Kier molecular flexibility index (Phi) is 6.28. The zero-order valence-electron chi connectivity index (χ0n) is 14.9. The van der Waals surface area contributed by atoms with Gasteiger partial charge in [0.05, 0.1) is 6.54 Å². The van der Waals surface area contributed by atoms with Gasteiger partial charge in [-0.05, 0) is 30.7 Å². The molecule has 0 unspecified atom stereocenters. The van der Waals surface area contributed by atoms with Crippen LogP contribution in [0.5, 0.6) is 0 Å². The summed E-state index contributed by atoms with van der Waals surface area (Å²) in [4.78, 5) is 22.5. The maximum atomic E-state index is 12.5. The SMILES string of the molecule is CNc1c(Cl)ncnc1NCC(=O)N1CCC(Cc2ccccc2)CC1. The molecule has 0 aliphatic carbocycles. The summed E-state index contributed by atoms with van der Waals surface area (Å²) in [6.45, 7) is 1.81. The summed E-state index contributed by atoms with van der Waals surface area (Å²) in [5.74, 6) is 1.27. The van der Waals surface area contributed by atoms with E-state index in [2.05, 4.69) is 44.9 Å². The Morgan fingerprint density at radius 3 is 2.65 bits per heavy atom. The number of benzene rings is 1. The molecule has 1 aliphatic heterocycles. The lowest BCUT2D eigenvalue weighted by Crippen LogP contribution is -2.41.